The van der Waals surface area contributed by atoms with E-state index in [9.17, 15) is 14.7 Å². The summed E-state index contributed by atoms with van der Waals surface area (Å²) in [5.41, 5.74) is 0. The van der Waals surface area contributed by atoms with Crippen LogP contribution in [0, 0.1) is 0 Å². The van der Waals surface area contributed by atoms with Gasteiger partial charge < -0.3 is 10.4 Å². The molecule has 0 aliphatic rings. The Balaban J connectivity index is 3.60. The zero-order valence-electron chi connectivity index (χ0n) is 10.4. The van der Waals surface area contributed by atoms with Crippen molar-refractivity contribution in [2.24, 2.45) is 0 Å². The first-order valence-electron chi connectivity index (χ1n) is 5.81. The number of thioether (sulfide) groups is 1. The van der Waals surface area contributed by atoms with Gasteiger partial charge in [0.1, 0.15) is 0 Å². The fraction of sp³-hybridized carbons (Fsp3) is 0.667. The molecule has 2 N–H and O–H groups in total. The van der Waals surface area contributed by atoms with E-state index in [2.05, 4.69) is 12.2 Å². The van der Waals surface area contributed by atoms with Gasteiger partial charge in [0, 0.05) is 25.6 Å². The first-order valence-corrected chi connectivity index (χ1v) is 6.79. The maximum Gasteiger partial charge on any atom is 0.216 e. The Kier molecular flexibility index (Phi) is 9.86. The van der Waals surface area contributed by atoms with Gasteiger partial charge in [0.05, 0.1) is 6.10 Å². The SMILES string of the molecule is CCC/C=C/[C@@H](O)CC(=O)SCCNC(C)=O. The molecule has 98 valence electrons. The molecule has 0 unspecified atom stereocenters. The molecular formula is C12H21NO3S. The predicted molar refractivity (Wildman–Crippen MR) is 70.8 cm³/mol. The molecule has 0 heterocycles. The second kappa shape index (κ2) is 10.4. The molecule has 0 aromatic rings. The molecule has 0 spiro atoms. The Morgan fingerprint density at radius 2 is 2.18 bits per heavy atom. The summed E-state index contributed by atoms with van der Waals surface area (Å²) in [5.74, 6) is 0.449. The van der Waals surface area contributed by atoms with Crippen molar-refractivity contribution in [3.05, 3.63) is 12.2 Å². The lowest BCUT2D eigenvalue weighted by Crippen LogP contribution is -2.23. The topological polar surface area (TPSA) is 66.4 Å². The highest BCUT2D eigenvalue weighted by molar-refractivity contribution is 8.13. The number of hydrogen-bond donors (Lipinski definition) is 2. The minimum atomic E-state index is -0.692. The monoisotopic (exact) mass is 259 g/mol. The zero-order valence-corrected chi connectivity index (χ0v) is 11.3. The van der Waals surface area contributed by atoms with E-state index in [1.54, 1.807) is 6.08 Å². The van der Waals surface area contributed by atoms with Crippen LogP contribution >= 0.6 is 11.8 Å². The number of amides is 1. The van der Waals surface area contributed by atoms with Gasteiger partial charge in [0.2, 0.25) is 5.91 Å². The van der Waals surface area contributed by atoms with Crippen LogP contribution in [-0.2, 0) is 9.59 Å². The number of aliphatic hydroxyl groups is 1. The van der Waals surface area contributed by atoms with Crippen molar-refractivity contribution < 1.29 is 14.7 Å². The third-order valence-corrected chi connectivity index (χ3v) is 2.83. The molecule has 0 aliphatic heterocycles. The van der Waals surface area contributed by atoms with Gasteiger partial charge in [-0.2, -0.15) is 0 Å². The highest BCUT2D eigenvalue weighted by Gasteiger charge is 2.08. The molecule has 1 atom stereocenters. The summed E-state index contributed by atoms with van der Waals surface area (Å²) in [4.78, 5) is 21.9. The first-order chi connectivity index (χ1) is 8.06. The summed E-state index contributed by atoms with van der Waals surface area (Å²) < 4.78 is 0. The largest absolute Gasteiger partial charge is 0.389 e. The second-order valence-electron chi connectivity index (χ2n) is 3.69. The quantitative estimate of drug-likeness (QED) is 0.512. The first kappa shape index (κ1) is 16.2. The molecule has 0 aromatic carbocycles. The third kappa shape index (κ3) is 11.5. The standard InChI is InChI=1S/C12H21NO3S/c1-3-4-5-6-11(15)9-12(16)17-8-7-13-10(2)14/h5-6,11,15H,3-4,7-9H2,1-2H3,(H,13,14)/b6-5+/t11-/m1/s1. The Morgan fingerprint density at radius 1 is 1.47 bits per heavy atom. The van der Waals surface area contributed by atoms with E-state index in [4.69, 9.17) is 0 Å². The van der Waals surface area contributed by atoms with E-state index >= 15 is 0 Å². The van der Waals surface area contributed by atoms with Gasteiger partial charge in [0.15, 0.2) is 5.12 Å². The molecule has 5 heteroatoms. The van der Waals surface area contributed by atoms with Crippen molar-refractivity contribution in [1.29, 1.82) is 0 Å². The molecule has 0 fully saturated rings. The molecule has 0 aromatic heterocycles. The number of unbranched alkanes of at least 4 members (excludes halogenated alkanes) is 1. The van der Waals surface area contributed by atoms with Crippen molar-refractivity contribution in [2.45, 2.75) is 39.2 Å². The predicted octanol–water partition coefficient (Wildman–Crippen LogP) is 1.49. The number of allylic oxidation sites excluding steroid dienone is 1. The maximum atomic E-state index is 11.4. The van der Waals surface area contributed by atoms with Crippen LogP contribution in [0.1, 0.15) is 33.1 Å². The van der Waals surface area contributed by atoms with Crippen molar-refractivity contribution in [3.8, 4) is 0 Å². The number of rotatable bonds is 8. The van der Waals surface area contributed by atoms with Crippen LogP contribution in [0.2, 0.25) is 0 Å². The van der Waals surface area contributed by atoms with Gasteiger partial charge in [-0.05, 0) is 6.42 Å². The Morgan fingerprint density at radius 3 is 2.76 bits per heavy atom. The highest BCUT2D eigenvalue weighted by atomic mass is 32.2. The highest BCUT2D eigenvalue weighted by Crippen LogP contribution is 2.08. The smallest absolute Gasteiger partial charge is 0.216 e. The van der Waals surface area contributed by atoms with Gasteiger partial charge in [-0.25, -0.2) is 0 Å². The van der Waals surface area contributed by atoms with E-state index in [1.807, 2.05) is 6.08 Å². The maximum absolute atomic E-state index is 11.4. The summed E-state index contributed by atoms with van der Waals surface area (Å²) in [7, 11) is 0. The van der Waals surface area contributed by atoms with E-state index in [0.29, 0.717) is 12.3 Å². The summed E-state index contributed by atoms with van der Waals surface area (Å²) in [6.45, 7) is 3.97. The average molecular weight is 259 g/mol. The van der Waals surface area contributed by atoms with Crippen LogP contribution in [0.15, 0.2) is 12.2 Å². The normalized spacial score (nSPS) is 12.6. The van der Waals surface area contributed by atoms with Crippen LogP contribution in [0.4, 0.5) is 0 Å². The van der Waals surface area contributed by atoms with Gasteiger partial charge in [-0.1, -0.05) is 37.3 Å². The number of carbonyl (C=O) groups is 2. The third-order valence-electron chi connectivity index (χ3n) is 1.93. The molecule has 0 rings (SSSR count). The lowest BCUT2D eigenvalue weighted by atomic mass is 10.2. The van der Waals surface area contributed by atoms with Crippen LogP contribution in [0.3, 0.4) is 0 Å². The summed E-state index contributed by atoms with van der Waals surface area (Å²) >= 11 is 1.14. The second-order valence-corrected chi connectivity index (χ2v) is 4.84. The lowest BCUT2D eigenvalue weighted by Gasteiger charge is -2.04. The Bertz CT molecular complexity index is 266. The van der Waals surface area contributed by atoms with E-state index in [-0.39, 0.29) is 17.4 Å². The molecule has 0 saturated carbocycles. The van der Waals surface area contributed by atoms with E-state index in [1.165, 1.54) is 6.92 Å². The van der Waals surface area contributed by atoms with E-state index < -0.39 is 6.10 Å². The molecule has 0 aliphatic carbocycles. The van der Waals surface area contributed by atoms with Gasteiger partial charge in [-0.3, -0.25) is 9.59 Å². The summed E-state index contributed by atoms with van der Waals surface area (Å²) in [5, 5.41) is 12.1. The zero-order chi connectivity index (χ0) is 13.1. The van der Waals surface area contributed by atoms with Crippen LogP contribution in [-0.4, -0.2) is 34.5 Å². The number of hydrogen-bond acceptors (Lipinski definition) is 4. The minimum absolute atomic E-state index is 0.0519. The van der Waals surface area contributed by atoms with E-state index in [0.717, 1.165) is 24.6 Å². The number of carbonyl (C=O) groups excluding carboxylic acids is 2. The Hall–Kier alpha value is -0.810. The molecule has 0 bridgehead atoms. The lowest BCUT2D eigenvalue weighted by molar-refractivity contribution is -0.119. The van der Waals surface area contributed by atoms with Gasteiger partial charge >= 0.3 is 0 Å². The Labute approximate surface area is 107 Å². The van der Waals surface area contributed by atoms with Crippen LogP contribution < -0.4 is 5.32 Å². The fourth-order valence-electron chi connectivity index (χ4n) is 1.11. The molecule has 4 nitrogen and oxygen atoms in total. The van der Waals surface area contributed by atoms with Crippen molar-refractivity contribution in [2.75, 3.05) is 12.3 Å². The molecule has 0 radical (unpaired) electrons. The van der Waals surface area contributed by atoms with Crippen LogP contribution in [0.25, 0.3) is 0 Å². The molecule has 1 amide bonds. The number of aliphatic hydroxyl groups excluding tert-OH is 1. The van der Waals surface area contributed by atoms with Crippen LogP contribution in [0.5, 0.6) is 0 Å². The van der Waals surface area contributed by atoms with Crippen molar-refractivity contribution in [3.63, 3.8) is 0 Å². The van der Waals surface area contributed by atoms with Gasteiger partial charge in [0.25, 0.3) is 0 Å². The molecule has 0 saturated heterocycles. The summed E-state index contributed by atoms with van der Waals surface area (Å²) in [6, 6.07) is 0. The average Bonchev–Trinajstić information content (AvgIpc) is 2.24. The fourth-order valence-corrected chi connectivity index (χ4v) is 1.83. The van der Waals surface area contributed by atoms with Crippen molar-refractivity contribution >= 4 is 22.8 Å². The summed E-state index contributed by atoms with van der Waals surface area (Å²) in [6.07, 6.45) is 4.94. The minimum Gasteiger partial charge on any atom is -0.389 e. The van der Waals surface area contributed by atoms with Crippen molar-refractivity contribution in [1.82, 2.24) is 5.32 Å². The molecular weight excluding hydrogens is 238 g/mol. The molecule has 17 heavy (non-hydrogen) atoms. The number of nitrogens with one attached hydrogen (secondary N) is 1. The van der Waals surface area contributed by atoms with Gasteiger partial charge in [-0.15, -0.1) is 0 Å².